The summed E-state index contributed by atoms with van der Waals surface area (Å²) in [5.74, 6) is 0.881. The van der Waals surface area contributed by atoms with Crippen LogP contribution in [0.5, 0.6) is 5.75 Å². The molecule has 0 fully saturated rings. The first-order valence-electron chi connectivity index (χ1n) is 6.71. The predicted octanol–water partition coefficient (Wildman–Crippen LogP) is 3.49. The largest absolute Gasteiger partial charge is 0.486 e. The van der Waals surface area contributed by atoms with Gasteiger partial charge in [0.25, 0.3) is 0 Å². The summed E-state index contributed by atoms with van der Waals surface area (Å²) in [6, 6.07) is 16.3. The van der Waals surface area contributed by atoms with Crippen LogP contribution in [0, 0.1) is 3.57 Å². The molecule has 21 heavy (non-hydrogen) atoms. The lowest BCUT2D eigenvalue weighted by atomic mass is 10.1. The normalized spacial score (nSPS) is 12.0. The Hall–Kier alpha value is -1.89. The molecule has 0 unspecified atom stereocenters. The Morgan fingerprint density at radius 3 is 2.81 bits per heavy atom. The van der Waals surface area contributed by atoms with E-state index in [0.717, 1.165) is 27.3 Å². The van der Waals surface area contributed by atoms with Crippen LogP contribution in [0.2, 0.25) is 0 Å². The maximum Gasteiger partial charge on any atom is 0.134 e. The van der Waals surface area contributed by atoms with Gasteiger partial charge in [-0.15, -0.1) is 5.10 Å². The van der Waals surface area contributed by atoms with Crippen LogP contribution in [0.15, 0.2) is 48.5 Å². The van der Waals surface area contributed by atoms with Crippen LogP contribution in [0.3, 0.4) is 0 Å². The van der Waals surface area contributed by atoms with Crippen molar-refractivity contribution in [2.24, 2.45) is 0 Å². The van der Waals surface area contributed by atoms with Gasteiger partial charge in [0, 0.05) is 5.56 Å². The highest BCUT2D eigenvalue weighted by molar-refractivity contribution is 14.1. The summed E-state index contributed by atoms with van der Waals surface area (Å²) in [4.78, 5) is 0. The first-order chi connectivity index (χ1) is 10.3. The van der Waals surface area contributed by atoms with Gasteiger partial charge in [-0.05, 0) is 40.3 Å². The fourth-order valence-electron chi connectivity index (χ4n) is 2.61. The van der Waals surface area contributed by atoms with Crippen LogP contribution < -0.4 is 4.74 Å². The van der Waals surface area contributed by atoms with E-state index >= 15 is 0 Å². The highest BCUT2D eigenvalue weighted by atomic mass is 127. The number of hydrogen-bond donors (Lipinski definition) is 0. The lowest BCUT2D eigenvalue weighted by Gasteiger charge is -2.07. The van der Waals surface area contributed by atoms with E-state index in [1.807, 2.05) is 35.0 Å². The number of nitrogens with zero attached hydrogens (tertiary/aromatic N) is 3. The quantitative estimate of drug-likeness (QED) is 0.504. The van der Waals surface area contributed by atoms with Gasteiger partial charge in [-0.1, -0.05) is 41.6 Å². The zero-order chi connectivity index (χ0) is 14.2. The molecule has 5 heteroatoms. The molecule has 0 atom stereocenters. The van der Waals surface area contributed by atoms with Crippen LogP contribution in [-0.2, 0) is 13.2 Å². The average molecular weight is 389 g/mol. The summed E-state index contributed by atoms with van der Waals surface area (Å²) in [5, 5.41) is 8.50. The van der Waals surface area contributed by atoms with E-state index in [2.05, 4.69) is 51.1 Å². The van der Waals surface area contributed by atoms with Gasteiger partial charge in [-0.25, -0.2) is 4.68 Å². The summed E-state index contributed by atoms with van der Waals surface area (Å²) in [5.41, 5.74) is 4.47. The standard InChI is InChI=1S/C16H12IN3O/c17-13-7-3-4-8-15(13)21-10-14-16-12-6-2-1-5-11(12)9-20(16)19-18-14/h1-8H,9-10H2. The Bertz CT molecular complexity index is 813. The van der Waals surface area contributed by atoms with Gasteiger partial charge < -0.3 is 4.74 Å². The van der Waals surface area contributed by atoms with Gasteiger partial charge >= 0.3 is 0 Å². The molecule has 2 aromatic carbocycles. The summed E-state index contributed by atoms with van der Waals surface area (Å²) < 4.78 is 8.94. The van der Waals surface area contributed by atoms with E-state index in [1.54, 1.807) is 0 Å². The minimum absolute atomic E-state index is 0.434. The molecule has 3 aromatic rings. The number of aromatic nitrogens is 3. The van der Waals surface area contributed by atoms with Crippen molar-refractivity contribution in [1.29, 1.82) is 0 Å². The molecule has 104 valence electrons. The Morgan fingerprint density at radius 1 is 1.10 bits per heavy atom. The summed E-state index contributed by atoms with van der Waals surface area (Å²) in [7, 11) is 0. The SMILES string of the molecule is Ic1ccccc1OCc1nnn2c1-c1ccccc1C2. The smallest absolute Gasteiger partial charge is 0.134 e. The van der Waals surface area contributed by atoms with Crippen molar-refractivity contribution in [3.8, 4) is 17.0 Å². The van der Waals surface area contributed by atoms with Crippen LogP contribution in [0.1, 0.15) is 11.3 Å². The predicted molar refractivity (Wildman–Crippen MR) is 88.1 cm³/mol. The maximum absolute atomic E-state index is 5.90. The topological polar surface area (TPSA) is 39.9 Å². The first-order valence-corrected chi connectivity index (χ1v) is 7.79. The number of para-hydroxylation sites is 1. The van der Waals surface area contributed by atoms with Crippen molar-refractivity contribution in [3.63, 3.8) is 0 Å². The van der Waals surface area contributed by atoms with Gasteiger partial charge in [-0.3, -0.25) is 0 Å². The molecule has 0 bridgehead atoms. The third-order valence-electron chi connectivity index (χ3n) is 3.60. The molecule has 2 heterocycles. The van der Waals surface area contributed by atoms with E-state index < -0.39 is 0 Å². The second kappa shape index (κ2) is 5.14. The Kier molecular flexibility index (Phi) is 3.14. The molecule has 0 aliphatic carbocycles. The zero-order valence-corrected chi connectivity index (χ0v) is 13.3. The van der Waals surface area contributed by atoms with Crippen LogP contribution in [-0.4, -0.2) is 15.0 Å². The summed E-state index contributed by atoms with van der Waals surface area (Å²) in [6.07, 6.45) is 0. The molecular weight excluding hydrogens is 377 g/mol. The molecule has 0 amide bonds. The Morgan fingerprint density at radius 2 is 1.90 bits per heavy atom. The van der Waals surface area contributed by atoms with Crippen molar-refractivity contribution < 1.29 is 4.74 Å². The van der Waals surface area contributed by atoms with Gasteiger partial charge in [0.05, 0.1) is 15.8 Å². The van der Waals surface area contributed by atoms with Crippen LogP contribution in [0.4, 0.5) is 0 Å². The number of rotatable bonds is 3. The number of ether oxygens (including phenoxy) is 1. The van der Waals surface area contributed by atoms with Crippen LogP contribution >= 0.6 is 22.6 Å². The van der Waals surface area contributed by atoms with Crippen molar-refractivity contribution >= 4 is 22.6 Å². The van der Waals surface area contributed by atoms with E-state index in [9.17, 15) is 0 Å². The number of fused-ring (bicyclic) bond motifs is 3. The number of hydrogen-bond acceptors (Lipinski definition) is 3. The van der Waals surface area contributed by atoms with Crippen LogP contribution in [0.25, 0.3) is 11.3 Å². The summed E-state index contributed by atoms with van der Waals surface area (Å²) >= 11 is 2.27. The molecule has 0 saturated heterocycles. The lowest BCUT2D eigenvalue weighted by molar-refractivity contribution is 0.299. The van der Waals surface area contributed by atoms with E-state index in [0.29, 0.717) is 6.61 Å². The molecule has 0 N–H and O–H groups in total. The Labute approximate surface area is 135 Å². The number of benzene rings is 2. The molecule has 0 radical (unpaired) electrons. The second-order valence-electron chi connectivity index (χ2n) is 4.92. The molecule has 1 aliphatic heterocycles. The van der Waals surface area contributed by atoms with E-state index in [-0.39, 0.29) is 0 Å². The number of halogens is 1. The zero-order valence-electron chi connectivity index (χ0n) is 11.2. The second-order valence-corrected chi connectivity index (χ2v) is 6.08. The van der Waals surface area contributed by atoms with Gasteiger partial charge in [-0.2, -0.15) is 0 Å². The Balaban J connectivity index is 1.64. The minimum atomic E-state index is 0.434. The molecule has 1 aromatic heterocycles. The lowest BCUT2D eigenvalue weighted by Crippen LogP contribution is -1.99. The van der Waals surface area contributed by atoms with Crippen molar-refractivity contribution in [2.45, 2.75) is 13.2 Å². The van der Waals surface area contributed by atoms with E-state index in [1.165, 1.54) is 11.1 Å². The summed E-state index contributed by atoms with van der Waals surface area (Å²) in [6.45, 7) is 1.23. The van der Waals surface area contributed by atoms with Crippen molar-refractivity contribution in [2.75, 3.05) is 0 Å². The molecule has 4 nitrogen and oxygen atoms in total. The van der Waals surface area contributed by atoms with Crippen molar-refractivity contribution in [3.05, 3.63) is 63.4 Å². The van der Waals surface area contributed by atoms with Gasteiger partial charge in [0.2, 0.25) is 0 Å². The maximum atomic E-state index is 5.90. The first kappa shape index (κ1) is 12.8. The highest BCUT2D eigenvalue weighted by Gasteiger charge is 2.24. The molecule has 0 saturated carbocycles. The highest BCUT2D eigenvalue weighted by Crippen LogP contribution is 2.33. The van der Waals surface area contributed by atoms with E-state index in [4.69, 9.17) is 4.74 Å². The molecule has 1 aliphatic rings. The van der Waals surface area contributed by atoms with Gasteiger partial charge in [0.1, 0.15) is 18.1 Å². The van der Waals surface area contributed by atoms with Crippen molar-refractivity contribution in [1.82, 2.24) is 15.0 Å². The fourth-order valence-corrected chi connectivity index (χ4v) is 3.15. The van der Waals surface area contributed by atoms with Gasteiger partial charge in [0.15, 0.2) is 0 Å². The minimum Gasteiger partial charge on any atom is -0.486 e. The average Bonchev–Trinajstić information content (AvgIpc) is 3.05. The monoisotopic (exact) mass is 389 g/mol. The third kappa shape index (κ3) is 2.21. The fraction of sp³-hybridized carbons (Fsp3) is 0.125. The molecule has 0 spiro atoms. The molecule has 4 rings (SSSR count). The third-order valence-corrected chi connectivity index (χ3v) is 4.49. The molecular formula is C16H12IN3O.